The van der Waals surface area contributed by atoms with E-state index in [1.165, 1.54) is 31.2 Å². The molecule has 9 amide bonds. The van der Waals surface area contributed by atoms with Gasteiger partial charge >= 0.3 is 17.9 Å². The monoisotopic (exact) mass is 905 g/mol. The molecule has 1 aliphatic rings. The normalized spacial score (nSPS) is 24.0. The molecule has 352 valence electrons. The molecule has 64 heavy (non-hydrogen) atoms. The van der Waals surface area contributed by atoms with Crippen molar-refractivity contribution in [3.8, 4) is 5.75 Å². The number of carbonyl (C=O) groups is 12. The Bertz CT molecular complexity index is 1930. The summed E-state index contributed by atoms with van der Waals surface area (Å²) in [4.78, 5) is 154. The highest BCUT2D eigenvalue weighted by molar-refractivity contribution is 5.98. The molecule has 1 aromatic rings. The average Bonchev–Trinajstić information content (AvgIpc) is 3.20. The third-order valence-electron chi connectivity index (χ3n) is 9.45. The number of benzene rings is 1. The molecular formula is C39H55N9O16. The molecule has 0 bridgehead atoms. The zero-order valence-corrected chi connectivity index (χ0v) is 35.3. The Labute approximate surface area is 365 Å². The van der Waals surface area contributed by atoms with E-state index in [1.54, 1.807) is 13.8 Å². The largest absolute Gasteiger partial charge is 0.508 e. The van der Waals surface area contributed by atoms with Gasteiger partial charge in [0.2, 0.25) is 53.2 Å². The Morgan fingerprint density at radius 2 is 1.12 bits per heavy atom. The molecule has 25 nitrogen and oxygen atoms in total. The van der Waals surface area contributed by atoms with Crippen molar-refractivity contribution in [2.24, 2.45) is 11.7 Å². The van der Waals surface area contributed by atoms with Crippen molar-refractivity contribution in [2.75, 3.05) is 6.54 Å². The number of nitrogens with one attached hydrogen (secondary N) is 8. The van der Waals surface area contributed by atoms with Crippen molar-refractivity contribution < 1.29 is 78.0 Å². The van der Waals surface area contributed by atoms with E-state index in [4.69, 9.17) is 5.73 Å². The number of hydrogen-bond acceptors (Lipinski definition) is 13. The summed E-state index contributed by atoms with van der Waals surface area (Å²) in [5, 5.41) is 56.4. The lowest BCUT2D eigenvalue weighted by atomic mass is 10.0. The third-order valence-corrected chi connectivity index (χ3v) is 9.45. The van der Waals surface area contributed by atoms with Crippen LogP contribution >= 0.6 is 0 Å². The summed E-state index contributed by atoms with van der Waals surface area (Å²) in [5.41, 5.74) is 5.84. The summed E-state index contributed by atoms with van der Waals surface area (Å²) in [6.07, 6.45) is -4.92. The Hall–Kier alpha value is -7.34. The molecule has 2 rings (SSSR count). The van der Waals surface area contributed by atoms with Crippen LogP contribution < -0.4 is 48.3 Å². The quantitative estimate of drug-likeness (QED) is 0.0897. The van der Waals surface area contributed by atoms with E-state index in [-0.39, 0.29) is 24.5 Å². The maximum atomic E-state index is 13.8. The molecule has 0 aromatic heterocycles. The Kier molecular flexibility index (Phi) is 21.1. The van der Waals surface area contributed by atoms with Crippen LogP contribution in [-0.4, -0.2) is 140 Å². The van der Waals surface area contributed by atoms with E-state index in [2.05, 4.69) is 42.5 Å². The lowest BCUT2D eigenvalue weighted by Gasteiger charge is -2.26. The SMILES string of the molecule is CC(C)C[C@@H]1NC(=O)CNC(=O)[C@H](CCC(=O)O)NC(=O)[C@H](CC(=O)O)NC(=O)[C@H](Cc2ccc(O)cc2)NC(=O)[C@H](C)NC(=O)CC[C@@H](C(N)=O)NC(=O)[C@H](CCC(=O)O)NC1=O. The number of aromatic hydroxyl groups is 1. The highest BCUT2D eigenvalue weighted by Crippen LogP contribution is 2.13. The maximum Gasteiger partial charge on any atom is 0.305 e. The predicted molar refractivity (Wildman–Crippen MR) is 218 cm³/mol. The van der Waals surface area contributed by atoms with Crippen LogP contribution in [0.5, 0.6) is 5.75 Å². The lowest BCUT2D eigenvalue weighted by Crippen LogP contribution is -2.59. The summed E-state index contributed by atoms with van der Waals surface area (Å²) in [5.74, 6) is -14.4. The van der Waals surface area contributed by atoms with E-state index < -0.39 is 165 Å². The van der Waals surface area contributed by atoms with E-state index in [0.29, 0.717) is 5.56 Å². The minimum absolute atomic E-state index is 0.0575. The number of aliphatic carboxylic acids is 3. The summed E-state index contributed by atoms with van der Waals surface area (Å²) >= 11 is 0. The summed E-state index contributed by atoms with van der Waals surface area (Å²) in [6.45, 7) is 3.71. The molecule has 7 atom stereocenters. The topological polar surface area (TPSA) is 408 Å². The number of rotatable bonds is 13. The fourth-order valence-corrected chi connectivity index (χ4v) is 6.10. The van der Waals surface area contributed by atoms with Crippen LogP contribution in [-0.2, 0) is 64.0 Å². The predicted octanol–water partition coefficient (Wildman–Crippen LogP) is -4.01. The number of carbonyl (C=O) groups excluding carboxylic acids is 9. The number of nitrogens with two attached hydrogens (primary N) is 1. The van der Waals surface area contributed by atoms with Gasteiger partial charge in [-0.3, -0.25) is 57.5 Å². The first-order valence-corrected chi connectivity index (χ1v) is 20.1. The first-order chi connectivity index (χ1) is 29.9. The molecule has 1 aliphatic heterocycles. The van der Waals surface area contributed by atoms with Crippen LogP contribution in [0, 0.1) is 5.92 Å². The average molecular weight is 906 g/mol. The fraction of sp³-hybridized carbons (Fsp3) is 0.538. The molecule has 0 unspecified atom stereocenters. The highest BCUT2D eigenvalue weighted by Gasteiger charge is 2.34. The van der Waals surface area contributed by atoms with Gasteiger partial charge < -0.3 is 68.7 Å². The van der Waals surface area contributed by atoms with Gasteiger partial charge in [-0.1, -0.05) is 26.0 Å². The third kappa shape index (κ3) is 19.1. The van der Waals surface area contributed by atoms with Crippen LogP contribution in [0.15, 0.2) is 24.3 Å². The van der Waals surface area contributed by atoms with Gasteiger partial charge in [0.1, 0.15) is 48.0 Å². The number of primary amides is 1. The molecule has 0 aliphatic carbocycles. The molecule has 0 spiro atoms. The molecule has 0 saturated carbocycles. The zero-order chi connectivity index (χ0) is 48.3. The number of phenolic OH excluding ortho intramolecular Hbond substituents is 1. The van der Waals surface area contributed by atoms with Crippen molar-refractivity contribution in [2.45, 2.75) is 121 Å². The van der Waals surface area contributed by atoms with Crippen molar-refractivity contribution in [3.63, 3.8) is 0 Å². The Balaban J connectivity index is 2.61. The smallest absolute Gasteiger partial charge is 0.305 e. The minimum Gasteiger partial charge on any atom is -0.508 e. The summed E-state index contributed by atoms with van der Waals surface area (Å²) in [7, 11) is 0. The maximum absolute atomic E-state index is 13.8. The molecule has 25 heteroatoms. The number of amides is 9. The van der Waals surface area contributed by atoms with E-state index in [1.807, 2.05) is 0 Å². The van der Waals surface area contributed by atoms with Crippen LogP contribution in [0.4, 0.5) is 0 Å². The first-order valence-electron chi connectivity index (χ1n) is 20.1. The van der Waals surface area contributed by atoms with E-state index >= 15 is 0 Å². The second-order valence-electron chi connectivity index (χ2n) is 15.3. The van der Waals surface area contributed by atoms with Crippen LogP contribution in [0.3, 0.4) is 0 Å². The van der Waals surface area contributed by atoms with Crippen molar-refractivity contribution in [1.29, 1.82) is 0 Å². The second kappa shape index (κ2) is 25.6. The van der Waals surface area contributed by atoms with Crippen LogP contribution in [0.2, 0.25) is 0 Å². The van der Waals surface area contributed by atoms with Gasteiger partial charge in [0.05, 0.1) is 13.0 Å². The zero-order valence-electron chi connectivity index (χ0n) is 35.3. The molecule has 0 radical (unpaired) electrons. The fourth-order valence-electron chi connectivity index (χ4n) is 6.10. The number of carboxylic acids is 3. The van der Waals surface area contributed by atoms with Crippen LogP contribution in [0.25, 0.3) is 0 Å². The number of hydrogen-bond donors (Lipinski definition) is 13. The highest BCUT2D eigenvalue weighted by atomic mass is 16.4. The van der Waals surface area contributed by atoms with Gasteiger partial charge in [-0.15, -0.1) is 0 Å². The number of phenols is 1. The first kappa shape index (κ1) is 52.8. The van der Waals surface area contributed by atoms with Gasteiger partial charge in [0, 0.05) is 25.7 Å². The van der Waals surface area contributed by atoms with Gasteiger partial charge in [-0.25, -0.2) is 0 Å². The van der Waals surface area contributed by atoms with E-state index in [0.717, 1.165) is 0 Å². The molecule has 1 heterocycles. The Morgan fingerprint density at radius 3 is 1.66 bits per heavy atom. The second-order valence-corrected chi connectivity index (χ2v) is 15.3. The van der Waals surface area contributed by atoms with Gasteiger partial charge in [-0.05, 0) is 56.2 Å². The molecule has 1 fully saturated rings. The van der Waals surface area contributed by atoms with Crippen molar-refractivity contribution in [3.05, 3.63) is 29.8 Å². The summed E-state index contributed by atoms with van der Waals surface area (Å²) in [6, 6.07) is -5.94. The molecule has 1 aromatic carbocycles. The Morgan fingerprint density at radius 1 is 0.625 bits per heavy atom. The van der Waals surface area contributed by atoms with Crippen LogP contribution in [0.1, 0.15) is 77.7 Å². The minimum atomic E-state index is -1.95. The molecular weight excluding hydrogens is 850 g/mol. The van der Waals surface area contributed by atoms with Crippen molar-refractivity contribution in [1.82, 2.24) is 42.5 Å². The summed E-state index contributed by atoms with van der Waals surface area (Å²) < 4.78 is 0. The molecule has 1 saturated heterocycles. The standard InChI is InChI=1S/C39H55N9O16/c1-18(2)14-25-37(62)46-24(10-13-31(54)55)36(61)44-22(33(40)58)8-11-28(50)42-19(3)34(59)47-26(15-20-4-6-21(49)7-5-20)38(63)48-27(16-32(56)57)39(64)45-23(9-12-30(52)53)35(60)41-17-29(51)43-25/h4-7,18-19,22-27,49H,8-17H2,1-3H3,(H2,40,58)(H,41,60)(H,42,50)(H,43,51)(H,44,61)(H,45,64)(H,46,62)(H,47,59)(H,48,63)(H,52,53)(H,54,55)(H,56,57)/t19-,22-,23-,24-,25-,26-,27-/m0/s1. The van der Waals surface area contributed by atoms with Gasteiger partial charge in [-0.2, -0.15) is 0 Å². The van der Waals surface area contributed by atoms with E-state index in [9.17, 15) is 78.0 Å². The van der Waals surface area contributed by atoms with Crippen molar-refractivity contribution >= 4 is 71.1 Å². The van der Waals surface area contributed by atoms with Gasteiger partial charge in [0.15, 0.2) is 0 Å². The van der Waals surface area contributed by atoms with Gasteiger partial charge in [0.25, 0.3) is 0 Å². The lowest BCUT2D eigenvalue weighted by molar-refractivity contribution is -0.141. The molecule has 14 N–H and O–H groups in total. The number of carboxylic acid groups (broad SMARTS) is 3.